The van der Waals surface area contributed by atoms with Crippen LogP contribution in [0.15, 0.2) is 464 Å². The van der Waals surface area contributed by atoms with Crippen molar-refractivity contribution in [2.45, 2.75) is 0 Å². The highest BCUT2D eigenvalue weighted by molar-refractivity contribution is 7.26. The fraction of sp³-hybridized carbons (Fsp3) is 0. The van der Waals surface area contributed by atoms with E-state index in [-0.39, 0.29) is 0 Å². The smallest absolute Gasteiger partial charge is 0.164 e. The molecule has 27 rings (SSSR count). The molecule has 0 unspecified atom stereocenters. The summed E-state index contributed by atoms with van der Waals surface area (Å²) < 4.78 is 14.9. The van der Waals surface area contributed by atoms with E-state index in [0.29, 0.717) is 52.4 Å². The van der Waals surface area contributed by atoms with Gasteiger partial charge >= 0.3 is 0 Å². The van der Waals surface area contributed by atoms with Gasteiger partial charge in [0.05, 0.1) is 0 Å². The van der Waals surface area contributed by atoms with Gasteiger partial charge in [-0.1, -0.05) is 382 Å². The van der Waals surface area contributed by atoms with Crippen molar-refractivity contribution < 1.29 is 8.83 Å². The maximum absolute atomic E-state index is 6.21. The average molecular weight is 1740 g/mol. The first-order chi connectivity index (χ1) is 66.8. The van der Waals surface area contributed by atoms with Crippen LogP contribution in [-0.2, 0) is 0 Å². The van der Waals surface area contributed by atoms with Gasteiger partial charge in [0, 0.05) is 97.2 Å². The molecule has 6 heterocycles. The lowest BCUT2D eigenvalue weighted by Gasteiger charge is -2.12. The van der Waals surface area contributed by atoms with Gasteiger partial charge in [-0.2, -0.15) is 0 Å². The quantitative estimate of drug-likeness (QED) is 0.115. The van der Waals surface area contributed by atoms with Crippen LogP contribution in [0, 0.1) is 0 Å². The minimum Gasteiger partial charge on any atom is -0.456 e. The molecule has 0 saturated heterocycles. The molecule has 0 atom stereocenters. The molecule has 0 saturated carbocycles. The second kappa shape index (κ2) is 33.8. The highest BCUT2D eigenvalue weighted by Gasteiger charge is 2.23. The molecule has 0 amide bonds. The third-order valence-electron chi connectivity index (χ3n) is 25.5. The van der Waals surface area contributed by atoms with Crippen molar-refractivity contribution >= 4 is 140 Å². The molecule has 0 aliphatic heterocycles. The van der Waals surface area contributed by atoms with Gasteiger partial charge < -0.3 is 8.83 Å². The number of nitrogens with zero attached hydrogens (tertiary/aromatic N) is 9. The average Bonchev–Trinajstić information content (AvgIpc) is 1.63. The van der Waals surface area contributed by atoms with Crippen LogP contribution in [0.1, 0.15) is 0 Å². The van der Waals surface area contributed by atoms with Crippen LogP contribution >= 0.6 is 11.3 Å². The largest absolute Gasteiger partial charge is 0.456 e. The molecular formula is C123H75N9O2S. The molecule has 0 spiro atoms. The van der Waals surface area contributed by atoms with Gasteiger partial charge in [-0.05, 0) is 165 Å². The fourth-order valence-electron chi connectivity index (χ4n) is 18.7. The van der Waals surface area contributed by atoms with Crippen molar-refractivity contribution in [3.63, 3.8) is 0 Å². The molecule has 0 aliphatic rings. The number of benzene rings is 21. The van der Waals surface area contributed by atoms with E-state index in [4.69, 9.17) is 53.7 Å². The molecule has 0 bridgehead atoms. The van der Waals surface area contributed by atoms with Crippen LogP contribution in [0.2, 0.25) is 0 Å². The van der Waals surface area contributed by atoms with Crippen molar-refractivity contribution in [1.29, 1.82) is 0 Å². The summed E-state index contributed by atoms with van der Waals surface area (Å²) in [5.41, 5.74) is 19.0. The molecule has 27 aromatic rings. The molecule has 11 nitrogen and oxygen atoms in total. The van der Waals surface area contributed by atoms with Gasteiger partial charge in [0.1, 0.15) is 22.3 Å². The number of furan rings is 2. The van der Waals surface area contributed by atoms with E-state index >= 15 is 0 Å². The summed E-state index contributed by atoms with van der Waals surface area (Å²) in [6, 6.07) is 158. The van der Waals surface area contributed by atoms with Gasteiger partial charge in [-0.15, -0.1) is 11.3 Å². The molecule has 6 aromatic heterocycles. The summed E-state index contributed by atoms with van der Waals surface area (Å²) in [5, 5.41) is 20.8. The molecule has 0 aliphatic carbocycles. The number of hydrogen-bond acceptors (Lipinski definition) is 12. The Kier molecular flexibility index (Phi) is 19.9. The molecule has 0 N–H and O–H groups in total. The Morgan fingerprint density at radius 3 is 1.10 bits per heavy atom. The predicted molar refractivity (Wildman–Crippen MR) is 557 cm³/mol. The van der Waals surface area contributed by atoms with E-state index in [1.807, 2.05) is 84.1 Å². The van der Waals surface area contributed by atoms with Crippen LogP contribution in [-0.4, -0.2) is 44.9 Å². The van der Waals surface area contributed by atoms with Crippen molar-refractivity contribution in [2.75, 3.05) is 0 Å². The maximum atomic E-state index is 6.21. The Morgan fingerprint density at radius 2 is 0.496 bits per heavy atom. The number of aromatic nitrogens is 9. The number of rotatable bonds is 12. The predicted octanol–water partition coefficient (Wildman–Crippen LogP) is 32.7. The van der Waals surface area contributed by atoms with Gasteiger partial charge in [-0.25, -0.2) is 44.9 Å². The highest BCUT2D eigenvalue weighted by atomic mass is 32.1. The Balaban J connectivity index is 0.000000108. The zero-order valence-electron chi connectivity index (χ0n) is 72.6. The van der Waals surface area contributed by atoms with Crippen molar-refractivity contribution in [3.05, 3.63) is 455 Å². The Bertz CT molecular complexity index is 9330. The van der Waals surface area contributed by atoms with Crippen LogP contribution in [0.3, 0.4) is 0 Å². The van der Waals surface area contributed by atoms with Gasteiger partial charge in [-0.3, -0.25) is 0 Å². The topological polar surface area (TPSA) is 142 Å². The van der Waals surface area contributed by atoms with Crippen LogP contribution in [0.4, 0.5) is 0 Å². The number of hydrogen-bond donors (Lipinski definition) is 0. The number of para-hydroxylation sites is 2. The second-order valence-corrected chi connectivity index (χ2v) is 34.9. The van der Waals surface area contributed by atoms with Gasteiger partial charge in [0.15, 0.2) is 52.4 Å². The lowest BCUT2D eigenvalue weighted by molar-refractivity contribution is 0.669. The molecule has 12 heteroatoms. The standard InChI is InChI=1S/2C41H25N3O.C41H25N3S/c1-2-11-27(12-3-1)32-14-6-7-15-33(32)41-43-39(30-20-18-26-10-4-5-13-29(26)24-30)42-40(44-41)31-21-19-28-22-23-37-38(35(28)25-31)34-16-8-9-17-36(34)45-37;1-2-8-26(9-3-1)28-14-17-29(18-15-28)39-42-40(32-20-16-27-10-4-5-11-30(27)22-32)44-41(43-39)33-21-19-31-25-38-36(24-34(31)23-33)35-12-6-7-13-37(35)45-38;1-3-10-26(11-4-1)29-20-18-27-19-21-30(25-31(27)24-29)40-42-39(28-12-5-2-6-13-28)43-41(44-40)36-16-9-15-34-32(36)22-23-35-33-14-7-8-17-37(33)45-38(34)35/h3*1-25H. The summed E-state index contributed by atoms with van der Waals surface area (Å²) in [6.07, 6.45) is 0. The Labute approximate surface area is 779 Å². The summed E-state index contributed by atoms with van der Waals surface area (Å²) >= 11 is 1.84. The van der Waals surface area contributed by atoms with Crippen LogP contribution in [0.5, 0.6) is 0 Å². The molecule has 630 valence electrons. The maximum Gasteiger partial charge on any atom is 0.164 e. The van der Waals surface area contributed by atoms with Gasteiger partial charge in [0.2, 0.25) is 0 Å². The zero-order chi connectivity index (χ0) is 89.2. The molecule has 0 radical (unpaired) electrons. The molecular weight excluding hydrogens is 1670 g/mol. The highest BCUT2D eigenvalue weighted by Crippen LogP contribution is 2.45. The molecule has 0 fully saturated rings. The lowest BCUT2D eigenvalue weighted by Crippen LogP contribution is -2.01. The van der Waals surface area contributed by atoms with E-state index in [1.54, 1.807) is 0 Å². The normalized spacial score (nSPS) is 11.6. The second-order valence-electron chi connectivity index (χ2n) is 33.8. The minimum absolute atomic E-state index is 0.623. The third kappa shape index (κ3) is 15.1. The summed E-state index contributed by atoms with van der Waals surface area (Å²) in [4.78, 5) is 45.7. The van der Waals surface area contributed by atoms with E-state index in [0.717, 1.165) is 154 Å². The third-order valence-corrected chi connectivity index (χ3v) is 26.7. The summed E-state index contributed by atoms with van der Waals surface area (Å²) in [6.45, 7) is 0. The lowest BCUT2D eigenvalue weighted by atomic mass is 9.99. The summed E-state index contributed by atoms with van der Waals surface area (Å²) in [5.74, 6) is 5.79. The minimum atomic E-state index is 0.623. The van der Waals surface area contributed by atoms with Crippen LogP contribution < -0.4 is 0 Å². The molecule has 21 aromatic carbocycles. The van der Waals surface area contributed by atoms with E-state index in [1.165, 1.54) is 58.4 Å². The van der Waals surface area contributed by atoms with E-state index < -0.39 is 0 Å². The van der Waals surface area contributed by atoms with Crippen molar-refractivity contribution in [1.82, 2.24) is 44.9 Å². The van der Waals surface area contributed by atoms with E-state index in [2.05, 4.69) is 382 Å². The number of fused-ring (bicyclic) bond motifs is 17. The van der Waals surface area contributed by atoms with Gasteiger partial charge in [0.25, 0.3) is 0 Å². The first-order valence-electron chi connectivity index (χ1n) is 45.1. The van der Waals surface area contributed by atoms with Crippen LogP contribution in [0.25, 0.3) is 265 Å². The first kappa shape index (κ1) is 79.2. The first-order valence-corrected chi connectivity index (χ1v) is 45.9. The van der Waals surface area contributed by atoms with Crippen molar-refractivity contribution in [3.8, 4) is 136 Å². The Morgan fingerprint density at radius 1 is 0.148 bits per heavy atom. The van der Waals surface area contributed by atoms with Crippen molar-refractivity contribution in [2.24, 2.45) is 0 Å². The van der Waals surface area contributed by atoms with E-state index in [9.17, 15) is 0 Å². The number of thiophene rings is 1. The molecule has 135 heavy (non-hydrogen) atoms. The fourth-order valence-corrected chi connectivity index (χ4v) is 20.0. The zero-order valence-corrected chi connectivity index (χ0v) is 73.4. The Hall–Kier alpha value is -18.0. The summed E-state index contributed by atoms with van der Waals surface area (Å²) in [7, 11) is 0. The SMILES string of the molecule is c1ccc(-c2ccc(-c3nc(-c4ccc5ccccc5c4)nc(-c4ccc5cc6oc7ccccc7c6cc5c4)n3)cc2)cc1.c1ccc(-c2ccc3ccc(-c4nc(-c5ccccc5)nc(-c5cccc6c5ccc5c7ccccc7sc65)n4)cc3c2)cc1.c1ccc(-c2ccccc2-c2nc(-c3ccc4ccccc4c3)nc(-c3ccc4ccc5oc6ccccc6c5c4c3)n2)cc1. The monoisotopic (exact) mass is 1740 g/mol.